The number of hydrogen-bond donors (Lipinski definition) is 6. The molecule has 0 aliphatic heterocycles. The van der Waals surface area contributed by atoms with Crippen LogP contribution in [0, 0.1) is 0 Å². The van der Waals surface area contributed by atoms with Crippen molar-refractivity contribution in [2.45, 2.75) is 224 Å². The van der Waals surface area contributed by atoms with Crippen LogP contribution in [-0.2, 0) is 32.7 Å². The van der Waals surface area contributed by atoms with Crippen molar-refractivity contribution >= 4 is 19.8 Å². The number of phosphoric acid groups is 1. The number of carbonyl (C=O) groups is 2. The van der Waals surface area contributed by atoms with Crippen LogP contribution >= 0.6 is 7.82 Å². The van der Waals surface area contributed by atoms with Gasteiger partial charge in [-0.05, 0) is 77.0 Å². The summed E-state index contributed by atoms with van der Waals surface area (Å²) in [4.78, 5) is 35.7. The highest BCUT2D eigenvalue weighted by molar-refractivity contribution is 7.47. The van der Waals surface area contributed by atoms with Crippen LogP contribution < -0.4 is 0 Å². The highest BCUT2D eigenvalue weighted by atomic mass is 31.2. The van der Waals surface area contributed by atoms with Gasteiger partial charge in [0.25, 0.3) is 0 Å². The zero-order valence-electron chi connectivity index (χ0n) is 37.4. The van der Waals surface area contributed by atoms with E-state index >= 15 is 0 Å². The second-order valence-electron chi connectivity index (χ2n) is 16.3. The number of hydrogen-bond acceptors (Lipinski definition) is 12. The van der Waals surface area contributed by atoms with E-state index in [1.54, 1.807) is 0 Å². The topological polar surface area (TPSA) is 210 Å². The van der Waals surface area contributed by atoms with E-state index in [1.807, 2.05) is 0 Å². The molecule has 354 valence electrons. The Morgan fingerprint density at radius 1 is 0.508 bits per heavy atom. The molecule has 1 aliphatic rings. The Hall–Kier alpha value is -2.19. The number of unbranched alkanes of at least 4 members (excludes halogenated alkanes) is 18. The van der Waals surface area contributed by atoms with Crippen LogP contribution in [0.2, 0.25) is 0 Å². The molecule has 13 nitrogen and oxygen atoms in total. The SMILES string of the molecule is CCCCC/C=C/C/C=C/CCCCCCCCCC(=O)O[C@H](COC(=O)CCCC/C=C/C/C=C/CCCCCCCC)COP(=O)(O)OC1C(O)C(O)C(O)[C@H](O)C1O. The molecule has 0 aromatic carbocycles. The standard InChI is InChI=1S/C47H83O13P/c1-3-5-7-9-11-13-15-17-19-20-22-24-26-28-30-32-34-36-41(49)59-39(38-58-61(55,56)60-47-45(53)43(51)42(50)44(52)46(47)54)37-57-40(48)35-33-31-29-27-25-23-21-18-16-14-12-10-8-6-4-2/h11,13,17-19,21,25,27,39,42-47,50-54H,3-10,12,14-16,20,22-24,26,28-38H2,1-2H3,(H,55,56)/b13-11+,19-17+,21-18+,27-25+/t39-,42?,43+,44?,45?,46?,47?/m1/s1. The third kappa shape index (κ3) is 29.7. The lowest BCUT2D eigenvalue weighted by Crippen LogP contribution is -2.64. The molecule has 0 saturated heterocycles. The average molecular weight is 887 g/mol. The number of rotatable bonds is 38. The Morgan fingerprint density at radius 3 is 1.39 bits per heavy atom. The maximum Gasteiger partial charge on any atom is 0.472 e. The summed E-state index contributed by atoms with van der Waals surface area (Å²) in [7, 11) is -5.13. The van der Waals surface area contributed by atoms with Crippen LogP contribution in [0.1, 0.15) is 181 Å². The second-order valence-corrected chi connectivity index (χ2v) is 17.7. The zero-order chi connectivity index (χ0) is 45.0. The number of ether oxygens (including phenoxy) is 2. The number of allylic oxidation sites excluding steroid dienone is 8. The third-order valence-corrected chi connectivity index (χ3v) is 11.6. The minimum atomic E-state index is -5.13. The van der Waals surface area contributed by atoms with Crippen LogP contribution in [-0.4, -0.2) is 98.3 Å². The van der Waals surface area contributed by atoms with Crippen LogP contribution in [0.4, 0.5) is 0 Å². The first-order chi connectivity index (χ1) is 29.4. The van der Waals surface area contributed by atoms with E-state index in [2.05, 4.69) is 62.5 Å². The molecule has 61 heavy (non-hydrogen) atoms. The molecule has 0 aromatic rings. The van der Waals surface area contributed by atoms with E-state index < -0.39 is 75.7 Å². The van der Waals surface area contributed by atoms with Gasteiger partial charge in [-0.1, -0.05) is 140 Å². The molecule has 14 heteroatoms. The Bertz CT molecular complexity index is 1250. The van der Waals surface area contributed by atoms with Crippen molar-refractivity contribution in [2.75, 3.05) is 13.2 Å². The quantitative estimate of drug-likeness (QED) is 0.0148. The summed E-state index contributed by atoms with van der Waals surface area (Å²) in [5, 5.41) is 50.1. The largest absolute Gasteiger partial charge is 0.472 e. The van der Waals surface area contributed by atoms with E-state index in [-0.39, 0.29) is 12.8 Å². The molecule has 0 amide bonds. The molecule has 1 rings (SSSR count). The lowest BCUT2D eigenvalue weighted by molar-refractivity contribution is -0.220. The molecular formula is C47H83O13P. The van der Waals surface area contributed by atoms with Gasteiger partial charge in [0, 0.05) is 12.8 Å². The summed E-state index contributed by atoms with van der Waals surface area (Å²) >= 11 is 0. The van der Waals surface area contributed by atoms with Crippen molar-refractivity contribution in [3.8, 4) is 0 Å². The average Bonchev–Trinajstić information content (AvgIpc) is 3.24. The first-order valence-corrected chi connectivity index (χ1v) is 24.9. The number of aliphatic hydroxyl groups is 5. The highest BCUT2D eigenvalue weighted by Crippen LogP contribution is 2.47. The maximum absolute atomic E-state index is 12.8. The summed E-state index contributed by atoms with van der Waals surface area (Å²) < 4.78 is 33.5. The fourth-order valence-corrected chi connectivity index (χ4v) is 7.79. The third-order valence-electron chi connectivity index (χ3n) is 10.6. The molecule has 1 aliphatic carbocycles. The van der Waals surface area contributed by atoms with Crippen LogP contribution in [0.25, 0.3) is 0 Å². The van der Waals surface area contributed by atoms with Crippen molar-refractivity contribution in [2.24, 2.45) is 0 Å². The predicted molar refractivity (Wildman–Crippen MR) is 239 cm³/mol. The molecule has 1 fully saturated rings. The first kappa shape index (κ1) is 56.8. The van der Waals surface area contributed by atoms with Gasteiger partial charge in [0.1, 0.15) is 43.2 Å². The van der Waals surface area contributed by atoms with Gasteiger partial charge in [-0.2, -0.15) is 0 Å². The van der Waals surface area contributed by atoms with Gasteiger partial charge in [0.2, 0.25) is 0 Å². The summed E-state index contributed by atoms with van der Waals surface area (Å²) in [6.45, 7) is 3.23. The number of aliphatic hydroxyl groups excluding tert-OH is 5. The highest BCUT2D eigenvalue weighted by Gasteiger charge is 2.51. The molecule has 6 N–H and O–H groups in total. The Morgan fingerprint density at radius 2 is 0.885 bits per heavy atom. The van der Waals surface area contributed by atoms with Crippen molar-refractivity contribution in [3.63, 3.8) is 0 Å². The van der Waals surface area contributed by atoms with Crippen molar-refractivity contribution in [1.29, 1.82) is 0 Å². The Kier molecular flexibility index (Phi) is 34.7. The number of carbonyl (C=O) groups excluding carboxylic acids is 2. The van der Waals surface area contributed by atoms with Crippen LogP contribution in [0.3, 0.4) is 0 Å². The monoisotopic (exact) mass is 887 g/mol. The number of esters is 2. The fraction of sp³-hybridized carbons (Fsp3) is 0.787. The molecule has 0 radical (unpaired) electrons. The molecule has 8 atom stereocenters. The smallest absolute Gasteiger partial charge is 0.462 e. The van der Waals surface area contributed by atoms with E-state index in [4.69, 9.17) is 18.5 Å². The van der Waals surface area contributed by atoms with Gasteiger partial charge in [0.05, 0.1) is 6.61 Å². The van der Waals surface area contributed by atoms with E-state index in [0.717, 1.165) is 83.5 Å². The molecule has 0 spiro atoms. The zero-order valence-corrected chi connectivity index (χ0v) is 38.3. The lowest BCUT2D eigenvalue weighted by Gasteiger charge is -2.41. The predicted octanol–water partition coefficient (Wildman–Crippen LogP) is 9.17. The molecule has 6 unspecified atom stereocenters. The first-order valence-electron chi connectivity index (χ1n) is 23.4. The lowest BCUT2D eigenvalue weighted by atomic mass is 9.85. The van der Waals surface area contributed by atoms with Gasteiger partial charge in [-0.3, -0.25) is 18.6 Å². The van der Waals surface area contributed by atoms with Gasteiger partial charge in [-0.25, -0.2) is 4.57 Å². The minimum Gasteiger partial charge on any atom is -0.462 e. The second kappa shape index (κ2) is 37.2. The van der Waals surface area contributed by atoms with Crippen molar-refractivity contribution < 1.29 is 63.1 Å². The summed E-state index contributed by atoms with van der Waals surface area (Å²) in [5.74, 6) is -1.15. The number of phosphoric ester groups is 1. The molecule has 0 bridgehead atoms. The van der Waals surface area contributed by atoms with E-state index in [0.29, 0.717) is 12.8 Å². The van der Waals surface area contributed by atoms with Crippen LogP contribution in [0.5, 0.6) is 0 Å². The van der Waals surface area contributed by atoms with E-state index in [9.17, 15) is 44.6 Å². The minimum absolute atomic E-state index is 0.0799. The Labute approximate surface area is 367 Å². The molecular weight excluding hydrogens is 803 g/mol. The maximum atomic E-state index is 12.8. The van der Waals surface area contributed by atoms with Crippen LogP contribution in [0.15, 0.2) is 48.6 Å². The molecule has 0 aromatic heterocycles. The fourth-order valence-electron chi connectivity index (χ4n) is 6.82. The molecule has 0 heterocycles. The van der Waals surface area contributed by atoms with Gasteiger partial charge in [0.15, 0.2) is 6.10 Å². The Balaban J connectivity index is 2.49. The summed E-state index contributed by atoms with van der Waals surface area (Å²) in [6, 6.07) is 0. The van der Waals surface area contributed by atoms with Gasteiger partial charge in [-0.15, -0.1) is 0 Å². The summed E-state index contributed by atoms with van der Waals surface area (Å²) in [6.07, 6.45) is 30.2. The van der Waals surface area contributed by atoms with E-state index in [1.165, 1.54) is 57.8 Å². The van der Waals surface area contributed by atoms with Gasteiger partial charge >= 0.3 is 19.8 Å². The normalized spacial score (nSPS) is 22.4. The summed E-state index contributed by atoms with van der Waals surface area (Å²) in [5.41, 5.74) is 0. The van der Waals surface area contributed by atoms with Gasteiger partial charge < -0.3 is 39.9 Å². The molecule has 1 saturated carbocycles. The van der Waals surface area contributed by atoms with Crippen molar-refractivity contribution in [3.05, 3.63) is 48.6 Å². The van der Waals surface area contributed by atoms with Crippen molar-refractivity contribution in [1.82, 2.24) is 0 Å².